The molecule has 0 saturated heterocycles. The fourth-order valence-corrected chi connectivity index (χ4v) is 3.98. The normalized spacial score (nSPS) is 17.3. The molecule has 4 rings (SSSR count). The predicted octanol–water partition coefficient (Wildman–Crippen LogP) is 3.94. The molecule has 1 aromatic heterocycles. The largest absolute Gasteiger partial charge is 0.491 e. The van der Waals surface area contributed by atoms with Crippen LogP contribution in [0.5, 0.6) is 5.75 Å². The van der Waals surface area contributed by atoms with Gasteiger partial charge in [0.05, 0.1) is 19.3 Å². The van der Waals surface area contributed by atoms with E-state index in [1.165, 1.54) is 7.11 Å². The lowest BCUT2D eigenvalue weighted by molar-refractivity contribution is 0.0599. The van der Waals surface area contributed by atoms with Crippen molar-refractivity contribution in [1.82, 2.24) is 10.3 Å². The van der Waals surface area contributed by atoms with E-state index in [0.717, 1.165) is 11.1 Å². The number of aryl methyl sites for hydroxylation is 2. The molecule has 1 atom stereocenters. The van der Waals surface area contributed by atoms with E-state index in [9.17, 15) is 9.59 Å². The van der Waals surface area contributed by atoms with Gasteiger partial charge in [-0.2, -0.15) is 0 Å². The van der Waals surface area contributed by atoms with Gasteiger partial charge in [0.2, 0.25) is 0 Å². The van der Waals surface area contributed by atoms with E-state index < -0.39 is 11.5 Å². The summed E-state index contributed by atoms with van der Waals surface area (Å²) in [4.78, 5) is 29.8. The number of rotatable bonds is 4. The van der Waals surface area contributed by atoms with E-state index in [4.69, 9.17) is 9.47 Å². The molecule has 2 aromatic carbocycles. The average Bonchev–Trinajstić information content (AvgIpc) is 2.79. The zero-order valence-electron chi connectivity index (χ0n) is 17.8. The maximum atomic E-state index is 13.4. The van der Waals surface area contributed by atoms with Crippen molar-refractivity contribution in [1.29, 1.82) is 0 Å². The SMILES string of the molecule is COC(=O)c1ccc(C(=O)N[C@]2(c3ccc(C)cc3)CCOc3cccnc32)cc1C. The Bertz CT molecular complexity index is 1140. The average molecular weight is 416 g/mol. The minimum absolute atomic E-state index is 0.251. The van der Waals surface area contributed by atoms with Crippen LogP contribution < -0.4 is 10.1 Å². The van der Waals surface area contributed by atoms with Crippen molar-refractivity contribution in [3.63, 3.8) is 0 Å². The molecular formula is C25H24N2O4. The van der Waals surface area contributed by atoms with Gasteiger partial charge >= 0.3 is 5.97 Å². The predicted molar refractivity (Wildman–Crippen MR) is 116 cm³/mol. The molecule has 0 unspecified atom stereocenters. The van der Waals surface area contributed by atoms with E-state index in [1.807, 2.05) is 43.3 Å². The van der Waals surface area contributed by atoms with Crippen LogP contribution in [-0.2, 0) is 10.3 Å². The maximum absolute atomic E-state index is 13.4. The molecule has 0 radical (unpaired) electrons. The number of methoxy groups -OCH3 is 1. The number of nitrogens with zero attached hydrogens (tertiary/aromatic N) is 1. The summed E-state index contributed by atoms with van der Waals surface area (Å²) in [5.74, 6) is -0.0198. The Kier molecular flexibility index (Phi) is 5.46. The Balaban J connectivity index is 1.76. The van der Waals surface area contributed by atoms with Crippen molar-refractivity contribution in [2.24, 2.45) is 0 Å². The summed E-state index contributed by atoms with van der Waals surface area (Å²) in [6.07, 6.45) is 2.25. The van der Waals surface area contributed by atoms with Gasteiger partial charge < -0.3 is 14.8 Å². The third-order valence-corrected chi connectivity index (χ3v) is 5.67. The highest BCUT2D eigenvalue weighted by Gasteiger charge is 2.42. The highest BCUT2D eigenvalue weighted by atomic mass is 16.5. The number of pyridine rings is 1. The van der Waals surface area contributed by atoms with Crippen LogP contribution in [0.15, 0.2) is 60.8 Å². The molecule has 1 aliphatic heterocycles. The molecule has 3 aromatic rings. The van der Waals surface area contributed by atoms with Gasteiger partial charge in [0.1, 0.15) is 17.0 Å². The highest BCUT2D eigenvalue weighted by Crippen LogP contribution is 2.40. The third kappa shape index (κ3) is 3.77. The second-order valence-corrected chi connectivity index (χ2v) is 7.70. The number of hydrogen-bond donors (Lipinski definition) is 1. The second kappa shape index (κ2) is 8.22. The molecule has 1 amide bonds. The minimum atomic E-state index is -0.825. The van der Waals surface area contributed by atoms with Gasteiger partial charge in [0, 0.05) is 18.2 Å². The molecular weight excluding hydrogens is 392 g/mol. The Morgan fingerprint density at radius 2 is 1.87 bits per heavy atom. The van der Waals surface area contributed by atoms with Crippen molar-refractivity contribution in [3.05, 3.63) is 94.3 Å². The van der Waals surface area contributed by atoms with E-state index in [-0.39, 0.29) is 5.91 Å². The molecule has 1 N–H and O–H groups in total. The summed E-state index contributed by atoms with van der Waals surface area (Å²) in [7, 11) is 1.34. The molecule has 0 bridgehead atoms. The van der Waals surface area contributed by atoms with E-state index in [0.29, 0.717) is 41.2 Å². The summed E-state index contributed by atoms with van der Waals surface area (Å²) < 4.78 is 10.6. The first-order valence-electron chi connectivity index (χ1n) is 10.1. The molecule has 2 heterocycles. The molecule has 0 aliphatic carbocycles. The van der Waals surface area contributed by atoms with Crippen LogP contribution in [0.2, 0.25) is 0 Å². The number of aromatic nitrogens is 1. The number of fused-ring (bicyclic) bond motifs is 1. The first-order chi connectivity index (χ1) is 14.9. The van der Waals surface area contributed by atoms with Crippen LogP contribution in [-0.4, -0.2) is 30.6 Å². The maximum Gasteiger partial charge on any atom is 0.338 e. The van der Waals surface area contributed by atoms with Crippen LogP contribution in [0, 0.1) is 13.8 Å². The number of nitrogens with one attached hydrogen (secondary N) is 1. The van der Waals surface area contributed by atoms with Crippen LogP contribution >= 0.6 is 0 Å². The Morgan fingerprint density at radius 3 is 2.58 bits per heavy atom. The van der Waals surface area contributed by atoms with Crippen molar-refractivity contribution >= 4 is 11.9 Å². The Morgan fingerprint density at radius 1 is 1.10 bits per heavy atom. The van der Waals surface area contributed by atoms with Gasteiger partial charge in [-0.05, 0) is 55.3 Å². The van der Waals surface area contributed by atoms with Gasteiger partial charge in [-0.1, -0.05) is 29.8 Å². The van der Waals surface area contributed by atoms with Gasteiger partial charge in [0.25, 0.3) is 5.91 Å². The highest BCUT2D eigenvalue weighted by molar-refractivity contribution is 5.97. The lowest BCUT2D eigenvalue weighted by Gasteiger charge is -2.39. The molecule has 1 aliphatic rings. The third-order valence-electron chi connectivity index (χ3n) is 5.67. The van der Waals surface area contributed by atoms with Crippen LogP contribution in [0.1, 0.15) is 49.5 Å². The van der Waals surface area contributed by atoms with Gasteiger partial charge in [-0.15, -0.1) is 0 Å². The standard InChI is InChI=1S/C25H24N2O4/c1-16-6-9-19(10-7-16)25(12-14-31-21-5-4-13-26-22(21)25)27-23(28)18-8-11-20(17(2)15-18)24(29)30-3/h4-11,13,15H,12,14H2,1-3H3,(H,27,28)/t25-/m0/s1. The molecule has 6 heteroatoms. The second-order valence-electron chi connectivity index (χ2n) is 7.70. The zero-order chi connectivity index (χ0) is 22.0. The Hall–Kier alpha value is -3.67. The number of amides is 1. The van der Waals surface area contributed by atoms with Crippen molar-refractivity contribution < 1.29 is 19.1 Å². The van der Waals surface area contributed by atoms with Crippen LogP contribution in [0.4, 0.5) is 0 Å². The lowest BCUT2D eigenvalue weighted by atomic mass is 9.81. The number of carbonyl (C=O) groups is 2. The molecule has 0 saturated carbocycles. The summed E-state index contributed by atoms with van der Waals surface area (Å²) in [6, 6.07) is 16.7. The number of ether oxygens (including phenoxy) is 2. The van der Waals surface area contributed by atoms with E-state index in [2.05, 4.69) is 10.3 Å². The smallest absolute Gasteiger partial charge is 0.338 e. The molecule has 158 valence electrons. The van der Waals surface area contributed by atoms with Crippen LogP contribution in [0.3, 0.4) is 0 Å². The summed E-state index contributed by atoms with van der Waals surface area (Å²) in [6.45, 7) is 4.26. The fourth-order valence-electron chi connectivity index (χ4n) is 3.98. The zero-order valence-corrected chi connectivity index (χ0v) is 17.8. The summed E-state index contributed by atoms with van der Waals surface area (Å²) >= 11 is 0. The van der Waals surface area contributed by atoms with Crippen LogP contribution in [0.25, 0.3) is 0 Å². The number of carbonyl (C=O) groups excluding carboxylic acids is 2. The minimum Gasteiger partial charge on any atom is -0.491 e. The quantitative estimate of drug-likeness (QED) is 0.652. The van der Waals surface area contributed by atoms with Crippen molar-refractivity contribution in [2.75, 3.05) is 13.7 Å². The Labute approximate surface area is 181 Å². The van der Waals surface area contributed by atoms with Gasteiger partial charge in [-0.3, -0.25) is 9.78 Å². The molecule has 6 nitrogen and oxygen atoms in total. The first-order valence-corrected chi connectivity index (χ1v) is 10.1. The number of hydrogen-bond acceptors (Lipinski definition) is 5. The van der Waals surface area contributed by atoms with Gasteiger partial charge in [0.15, 0.2) is 0 Å². The summed E-state index contributed by atoms with van der Waals surface area (Å²) in [5.41, 5.74) is 3.50. The number of benzene rings is 2. The summed E-state index contributed by atoms with van der Waals surface area (Å²) in [5, 5.41) is 3.23. The van der Waals surface area contributed by atoms with Crippen molar-refractivity contribution in [2.45, 2.75) is 25.8 Å². The molecule has 0 fully saturated rings. The van der Waals surface area contributed by atoms with E-state index in [1.54, 1.807) is 31.3 Å². The number of esters is 1. The molecule has 0 spiro atoms. The molecule has 31 heavy (non-hydrogen) atoms. The first kappa shape index (κ1) is 20.6. The lowest BCUT2D eigenvalue weighted by Crippen LogP contribution is -2.50. The monoisotopic (exact) mass is 416 g/mol. The van der Waals surface area contributed by atoms with E-state index >= 15 is 0 Å². The van der Waals surface area contributed by atoms with Crippen molar-refractivity contribution in [3.8, 4) is 5.75 Å². The fraction of sp³-hybridized carbons (Fsp3) is 0.240. The topological polar surface area (TPSA) is 77.5 Å². The van der Waals surface area contributed by atoms with Gasteiger partial charge in [-0.25, -0.2) is 4.79 Å².